The van der Waals surface area contributed by atoms with Gasteiger partial charge in [0.2, 0.25) is 0 Å². The Morgan fingerprint density at radius 2 is 1.87 bits per heavy atom. The number of nitrogens with zero attached hydrogens (tertiary/aromatic N) is 1. The number of carbonyl (C=O) groups is 1. The van der Waals surface area contributed by atoms with Crippen LogP contribution >= 0.6 is 0 Å². The molecule has 1 fully saturated rings. The Bertz CT molecular complexity index is 670. The van der Waals surface area contributed by atoms with Crippen molar-refractivity contribution in [1.29, 1.82) is 0 Å². The Morgan fingerprint density at radius 1 is 1.17 bits per heavy atom. The third kappa shape index (κ3) is 3.62. The van der Waals surface area contributed by atoms with Crippen molar-refractivity contribution < 1.29 is 9.18 Å². The molecule has 0 bridgehead atoms. The summed E-state index contributed by atoms with van der Waals surface area (Å²) in [6.07, 6.45) is 0. The highest BCUT2D eigenvalue weighted by atomic mass is 19.1. The highest BCUT2D eigenvalue weighted by Crippen LogP contribution is 2.21. The van der Waals surface area contributed by atoms with E-state index in [0.717, 1.165) is 23.5 Å². The van der Waals surface area contributed by atoms with E-state index in [9.17, 15) is 9.18 Å². The first-order valence-electron chi connectivity index (χ1n) is 7.78. The van der Waals surface area contributed by atoms with Crippen LogP contribution in [0.25, 0.3) is 0 Å². The lowest BCUT2D eigenvalue weighted by molar-refractivity contribution is 0.252. The van der Waals surface area contributed by atoms with E-state index in [1.54, 1.807) is 4.90 Å². The predicted octanol–water partition coefficient (Wildman–Crippen LogP) is 3.57. The number of rotatable bonds is 5. The molecule has 2 aromatic rings. The van der Waals surface area contributed by atoms with Crippen LogP contribution in [0.3, 0.4) is 0 Å². The zero-order chi connectivity index (χ0) is 16.2. The number of anilines is 2. The van der Waals surface area contributed by atoms with Crippen LogP contribution in [0.5, 0.6) is 0 Å². The number of hydrogen-bond acceptors (Lipinski definition) is 2. The van der Waals surface area contributed by atoms with Gasteiger partial charge in [0, 0.05) is 31.0 Å². The highest BCUT2D eigenvalue weighted by Gasteiger charge is 2.20. The molecule has 0 radical (unpaired) electrons. The smallest absolute Gasteiger partial charge is 0.321 e. The second-order valence-corrected chi connectivity index (χ2v) is 5.76. The van der Waals surface area contributed by atoms with E-state index in [4.69, 9.17) is 0 Å². The lowest BCUT2D eigenvalue weighted by Crippen LogP contribution is -2.27. The van der Waals surface area contributed by atoms with Crippen LogP contribution < -0.4 is 15.5 Å². The fraction of sp³-hybridized carbons (Fsp3) is 0.278. The third-order valence-electron chi connectivity index (χ3n) is 4.09. The van der Waals surface area contributed by atoms with E-state index in [1.807, 2.05) is 36.4 Å². The van der Waals surface area contributed by atoms with Crippen molar-refractivity contribution in [1.82, 2.24) is 5.32 Å². The molecule has 4 nitrogen and oxygen atoms in total. The van der Waals surface area contributed by atoms with Crippen LogP contribution in [-0.4, -0.2) is 25.7 Å². The molecular formula is C18H20FN3O. The molecule has 0 spiro atoms. The zero-order valence-corrected chi connectivity index (χ0v) is 13.1. The minimum atomic E-state index is -0.213. The Kier molecular flexibility index (Phi) is 4.46. The predicted molar refractivity (Wildman–Crippen MR) is 90.5 cm³/mol. The van der Waals surface area contributed by atoms with Gasteiger partial charge in [0.15, 0.2) is 0 Å². The summed E-state index contributed by atoms with van der Waals surface area (Å²) in [6.45, 7) is 4.25. The quantitative estimate of drug-likeness (QED) is 0.886. The van der Waals surface area contributed by atoms with Crippen LogP contribution in [0.2, 0.25) is 0 Å². The molecule has 23 heavy (non-hydrogen) atoms. The first kappa shape index (κ1) is 15.3. The van der Waals surface area contributed by atoms with Crippen LogP contribution in [-0.2, 0) is 0 Å². The molecule has 120 valence electrons. The lowest BCUT2D eigenvalue weighted by atomic mass is 10.0. The van der Waals surface area contributed by atoms with Crippen LogP contribution in [0.15, 0.2) is 48.5 Å². The molecule has 2 amide bonds. The fourth-order valence-corrected chi connectivity index (χ4v) is 2.66. The van der Waals surface area contributed by atoms with Crippen molar-refractivity contribution in [2.24, 2.45) is 0 Å². The third-order valence-corrected chi connectivity index (χ3v) is 4.09. The normalized spacial score (nSPS) is 15.4. The SMILES string of the molecule is C[C@H](CNc1ccc(N2CCNC2=O)cc1)c1ccc(F)cc1. The molecular weight excluding hydrogens is 293 g/mol. The minimum Gasteiger partial charge on any atom is -0.384 e. The summed E-state index contributed by atoms with van der Waals surface area (Å²) < 4.78 is 12.9. The first-order valence-corrected chi connectivity index (χ1v) is 7.78. The number of benzene rings is 2. The molecule has 5 heteroatoms. The summed E-state index contributed by atoms with van der Waals surface area (Å²) in [5, 5.41) is 6.16. The van der Waals surface area contributed by atoms with E-state index in [0.29, 0.717) is 13.1 Å². The number of amides is 2. The van der Waals surface area contributed by atoms with E-state index >= 15 is 0 Å². The summed E-state index contributed by atoms with van der Waals surface area (Å²) in [5.74, 6) is 0.0649. The standard InChI is InChI=1S/C18H20FN3O/c1-13(14-2-4-15(19)5-3-14)12-21-16-6-8-17(9-7-16)22-11-10-20-18(22)23/h2-9,13,21H,10-12H2,1H3,(H,20,23)/t13-/m1/s1. The van der Waals surface area contributed by atoms with Gasteiger partial charge in [0.05, 0.1) is 0 Å². The van der Waals surface area contributed by atoms with Crippen LogP contribution in [0.1, 0.15) is 18.4 Å². The van der Waals surface area contributed by atoms with Crippen LogP contribution in [0, 0.1) is 5.82 Å². The van der Waals surface area contributed by atoms with Crippen molar-refractivity contribution in [3.63, 3.8) is 0 Å². The van der Waals surface area contributed by atoms with Gasteiger partial charge in [0.1, 0.15) is 5.82 Å². The molecule has 0 saturated carbocycles. The van der Waals surface area contributed by atoms with Gasteiger partial charge in [-0.25, -0.2) is 9.18 Å². The summed E-state index contributed by atoms with van der Waals surface area (Å²) in [5.41, 5.74) is 3.00. The van der Waals surface area contributed by atoms with Crippen molar-refractivity contribution in [2.75, 3.05) is 29.9 Å². The van der Waals surface area contributed by atoms with Gasteiger partial charge in [-0.1, -0.05) is 19.1 Å². The molecule has 0 aliphatic carbocycles. The first-order chi connectivity index (χ1) is 11.1. The molecule has 1 saturated heterocycles. The number of halogens is 1. The molecule has 0 aromatic heterocycles. The summed E-state index contributed by atoms with van der Waals surface area (Å²) in [4.78, 5) is 13.4. The molecule has 1 atom stereocenters. The van der Waals surface area contributed by atoms with Gasteiger partial charge in [-0.2, -0.15) is 0 Å². The number of hydrogen-bond donors (Lipinski definition) is 2. The zero-order valence-electron chi connectivity index (χ0n) is 13.1. The molecule has 1 aliphatic rings. The second-order valence-electron chi connectivity index (χ2n) is 5.76. The Labute approximate surface area is 135 Å². The number of carbonyl (C=O) groups excluding carboxylic acids is 1. The Balaban J connectivity index is 1.58. The van der Waals surface area contributed by atoms with Gasteiger partial charge >= 0.3 is 6.03 Å². The largest absolute Gasteiger partial charge is 0.384 e. The summed E-state index contributed by atoms with van der Waals surface area (Å²) >= 11 is 0. The Hall–Kier alpha value is -2.56. The summed E-state index contributed by atoms with van der Waals surface area (Å²) in [6, 6.07) is 14.4. The van der Waals surface area contributed by atoms with Crippen LogP contribution in [0.4, 0.5) is 20.6 Å². The summed E-state index contributed by atoms with van der Waals surface area (Å²) in [7, 11) is 0. The molecule has 2 aromatic carbocycles. The van der Waals surface area contributed by atoms with Gasteiger partial charge in [0.25, 0.3) is 0 Å². The molecule has 0 unspecified atom stereocenters. The van der Waals surface area contributed by atoms with Crippen molar-refractivity contribution in [3.8, 4) is 0 Å². The topological polar surface area (TPSA) is 44.4 Å². The number of urea groups is 1. The molecule has 1 heterocycles. The molecule has 3 rings (SSSR count). The maximum absolute atomic E-state index is 12.9. The van der Waals surface area contributed by atoms with Gasteiger partial charge < -0.3 is 10.6 Å². The van der Waals surface area contributed by atoms with E-state index in [1.165, 1.54) is 12.1 Å². The minimum absolute atomic E-state index is 0.0457. The van der Waals surface area contributed by atoms with Crippen molar-refractivity contribution in [3.05, 3.63) is 59.9 Å². The number of nitrogens with one attached hydrogen (secondary N) is 2. The van der Waals surface area contributed by atoms with Crippen molar-refractivity contribution >= 4 is 17.4 Å². The lowest BCUT2D eigenvalue weighted by Gasteiger charge is -2.16. The van der Waals surface area contributed by atoms with Gasteiger partial charge in [-0.05, 0) is 47.9 Å². The van der Waals surface area contributed by atoms with Gasteiger partial charge in [-0.3, -0.25) is 4.90 Å². The maximum atomic E-state index is 12.9. The Morgan fingerprint density at radius 3 is 2.48 bits per heavy atom. The highest BCUT2D eigenvalue weighted by molar-refractivity contribution is 5.94. The van der Waals surface area contributed by atoms with E-state index in [-0.39, 0.29) is 17.8 Å². The fourth-order valence-electron chi connectivity index (χ4n) is 2.66. The average Bonchev–Trinajstić information content (AvgIpc) is 3.00. The van der Waals surface area contributed by atoms with Gasteiger partial charge in [-0.15, -0.1) is 0 Å². The second kappa shape index (κ2) is 6.69. The molecule has 2 N–H and O–H groups in total. The maximum Gasteiger partial charge on any atom is 0.321 e. The van der Waals surface area contributed by atoms with E-state index < -0.39 is 0 Å². The van der Waals surface area contributed by atoms with Crippen molar-refractivity contribution in [2.45, 2.75) is 12.8 Å². The van der Waals surface area contributed by atoms with E-state index in [2.05, 4.69) is 17.6 Å². The average molecular weight is 313 g/mol. The monoisotopic (exact) mass is 313 g/mol. The molecule has 1 aliphatic heterocycles.